The number of aromatic nitrogens is 4. The maximum Gasteiger partial charge on any atom is 0.410 e. The minimum absolute atomic E-state index is 0.0130. The van der Waals surface area contributed by atoms with E-state index < -0.39 is 5.60 Å². The molecule has 2 unspecified atom stereocenters. The van der Waals surface area contributed by atoms with Crippen LogP contribution in [0.15, 0.2) is 36.3 Å². The Bertz CT molecular complexity index is 1570. The summed E-state index contributed by atoms with van der Waals surface area (Å²) >= 11 is 0. The van der Waals surface area contributed by atoms with Crippen molar-refractivity contribution < 1.29 is 19.2 Å². The van der Waals surface area contributed by atoms with Gasteiger partial charge in [-0.2, -0.15) is 4.98 Å². The number of ether oxygens (including phenoxy) is 2. The van der Waals surface area contributed by atoms with Crippen LogP contribution in [0, 0.1) is 16.0 Å². The quantitative estimate of drug-likeness (QED) is 0.310. The van der Waals surface area contributed by atoms with Gasteiger partial charge in [-0.05, 0) is 51.7 Å². The fourth-order valence-electron chi connectivity index (χ4n) is 5.80. The summed E-state index contributed by atoms with van der Waals surface area (Å²) in [5.74, 6) is 0.604. The van der Waals surface area contributed by atoms with Gasteiger partial charge in [-0.15, -0.1) is 0 Å². The molecule has 3 aliphatic heterocycles. The number of rotatable bonds is 5. The number of carbonyl (C=O) groups is 1. The fraction of sp³-hybridized carbons (Fsp3) is 0.517. The molecule has 0 saturated carbocycles. The first-order valence-corrected chi connectivity index (χ1v) is 14.3. The molecule has 0 bridgehead atoms. The molecular formula is C29H36N8O5. The van der Waals surface area contributed by atoms with Gasteiger partial charge in [0.1, 0.15) is 28.7 Å². The molecule has 1 aromatic carbocycles. The summed E-state index contributed by atoms with van der Waals surface area (Å²) < 4.78 is 13.6. The number of carbonyl (C=O) groups excluding carboxylic acids is 1. The molecule has 2 saturated heterocycles. The lowest BCUT2D eigenvalue weighted by molar-refractivity contribution is -0.384. The summed E-state index contributed by atoms with van der Waals surface area (Å²) in [5.41, 5.74) is 3.32. The molecule has 2 atom stereocenters. The third-order valence-electron chi connectivity index (χ3n) is 7.79. The Morgan fingerprint density at radius 2 is 2.00 bits per heavy atom. The molecule has 2 fully saturated rings. The Morgan fingerprint density at radius 3 is 2.67 bits per heavy atom. The lowest BCUT2D eigenvalue weighted by Crippen LogP contribution is -2.36. The van der Waals surface area contributed by atoms with Gasteiger partial charge < -0.3 is 24.2 Å². The zero-order chi connectivity index (χ0) is 29.8. The first-order chi connectivity index (χ1) is 20.0. The van der Waals surface area contributed by atoms with Gasteiger partial charge in [0.05, 0.1) is 11.3 Å². The van der Waals surface area contributed by atoms with E-state index in [9.17, 15) is 14.9 Å². The lowest BCUT2D eigenvalue weighted by atomic mass is 10.1. The smallest absolute Gasteiger partial charge is 0.410 e. The Balaban J connectivity index is 1.40. The van der Waals surface area contributed by atoms with Crippen LogP contribution in [0.5, 0.6) is 0 Å². The Labute approximate surface area is 243 Å². The fourth-order valence-corrected chi connectivity index (χ4v) is 5.80. The second-order valence-corrected chi connectivity index (χ2v) is 12.3. The van der Waals surface area contributed by atoms with Gasteiger partial charge in [-0.1, -0.05) is 6.07 Å². The van der Waals surface area contributed by atoms with Crippen LogP contribution in [0.25, 0.3) is 22.4 Å². The number of anilines is 2. The van der Waals surface area contributed by atoms with Crippen LogP contribution in [0.2, 0.25) is 0 Å². The third kappa shape index (κ3) is 5.24. The molecule has 13 nitrogen and oxygen atoms in total. The zero-order valence-electron chi connectivity index (χ0n) is 24.6. The van der Waals surface area contributed by atoms with E-state index in [0.29, 0.717) is 60.3 Å². The van der Waals surface area contributed by atoms with Crippen LogP contribution in [0.1, 0.15) is 46.3 Å². The van der Waals surface area contributed by atoms with E-state index in [1.807, 2.05) is 42.5 Å². The molecule has 0 radical (unpaired) electrons. The van der Waals surface area contributed by atoms with Gasteiger partial charge in [0.15, 0.2) is 5.65 Å². The lowest BCUT2D eigenvalue weighted by Gasteiger charge is -2.25. The molecule has 0 aliphatic carbocycles. The topological polar surface area (TPSA) is 132 Å². The number of imidazole rings is 1. The van der Waals surface area contributed by atoms with Crippen LogP contribution >= 0.6 is 0 Å². The van der Waals surface area contributed by atoms with Crippen molar-refractivity contribution in [3.8, 4) is 11.3 Å². The van der Waals surface area contributed by atoms with E-state index >= 15 is 0 Å². The molecular weight excluding hydrogens is 540 g/mol. The number of nitro groups is 1. The average molecular weight is 577 g/mol. The van der Waals surface area contributed by atoms with Crippen molar-refractivity contribution in [1.29, 1.82) is 0 Å². The third-order valence-corrected chi connectivity index (χ3v) is 7.79. The van der Waals surface area contributed by atoms with Crippen molar-refractivity contribution in [2.45, 2.75) is 51.9 Å². The molecule has 2 aromatic heterocycles. The SMILES string of the molecule is CN(C)c1ccc(-c2nc(N3C=C4CN(C(=O)OC(C)(C)C)CC4C3)nc3c2ncn3C2CCCCO2)cc1[N+](=O)[O-]. The maximum absolute atomic E-state index is 12.7. The van der Waals surface area contributed by atoms with Crippen molar-refractivity contribution >= 4 is 34.6 Å². The number of nitrogens with zero attached hydrogens (tertiary/aromatic N) is 8. The van der Waals surface area contributed by atoms with Crippen molar-refractivity contribution in [2.24, 2.45) is 5.92 Å². The van der Waals surface area contributed by atoms with Crippen LogP contribution in [-0.4, -0.2) is 81.4 Å². The molecule has 1 amide bonds. The Morgan fingerprint density at radius 1 is 1.19 bits per heavy atom. The van der Waals surface area contributed by atoms with Crippen LogP contribution in [-0.2, 0) is 9.47 Å². The molecule has 3 aliphatic rings. The first kappa shape index (κ1) is 27.9. The van der Waals surface area contributed by atoms with Gasteiger partial charge >= 0.3 is 6.09 Å². The Kier molecular flexibility index (Phi) is 7.00. The van der Waals surface area contributed by atoms with Gasteiger partial charge in [-0.3, -0.25) is 14.7 Å². The summed E-state index contributed by atoms with van der Waals surface area (Å²) in [6.07, 6.45) is 6.13. The van der Waals surface area contributed by atoms with Crippen LogP contribution in [0.4, 0.5) is 22.1 Å². The van der Waals surface area contributed by atoms with E-state index in [0.717, 1.165) is 24.8 Å². The monoisotopic (exact) mass is 576 g/mol. The van der Waals surface area contributed by atoms with Crippen LogP contribution in [0.3, 0.4) is 0 Å². The molecule has 13 heteroatoms. The van der Waals surface area contributed by atoms with Crippen molar-refractivity contribution in [3.63, 3.8) is 0 Å². The molecule has 3 aromatic rings. The minimum atomic E-state index is -0.556. The molecule has 5 heterocycles. The molecule has 222 valence electrons. The van der Waals surface area contributed by atoms with Crippen molar-refractivity contribution in [1.82, 2.24) is 24.4 Å². The van der Waals surface area contributed by atoms with Crippen molar-refractivity contribution in [3.05, 3.63) is 46.4 Å². The molecule has 6 rings (SSSR count). The second-order valence-electron chi connectivity index (χ2n) is 12.3. The van der Waals surface area contributed by atoms with E-state index in [1.165, 1.54) is 0 Å². The van der Waals surface area contributed by atoms with Gasteiger partial charge in [0.25, 0.3) is 5.69 Å². The van der Waals surface area contributed by atoms with E-state index in [-0.39, 0.29) is 28.8 Å². The van der Waals surface area contributed by atoms with E-state index in [1.54, 1.807) is 42.4 Å². The number of fused-ring (bicyclic) bond motifs is 2. The summed E-state index contributed by atoms with van der Waals surface area (Å²) in [7, 11) is 3.55. The van der Waals surface area contributed by atoms with Gasteiger partial charge in [0.2, 0.25) is 5.95 Å². The standard InChI is InChI=1S/C29H36N8O5/c1-29(2,3)42-28(38)35-15-19-13-34(14-20(19)16-35)27-31-24(18-9-10-21(33(4)5)22(12-18)37(39)40)25-26(32-27)36(17-30-25)23-8-6-7-11-41-23/h9-10,12-13,17,20,23H,6-8,11,14-16H2,1-5H3. The van der Waals surface area contributed by atoms with E-state index in [2.05, 4.69) is 4.98 Å². The molecule has 0 spiro atoms. The van der Waals surface area contributed by atoms with E-state index in [4.69, 9.17) is 19.4 Å². The molecule has 0 N–H and O–H groups in total. The first-order valence-electron chi connectivity index (χ1n) is 14.3. The predicted octanol–water partition coefficient (Wildman–Crippen LogP) is 4.74. The number of benzene rings is 1. The van der Waals surface area contributed by atoms with Gasteiger partial charge in [0, 0.05) is 64.1 Å². The largest absolute Gasteiger partial charge is 0.444 e. The number of amides is 1. The molecule has 42 heavy (non-hydrogen) atoms. The number of hydrogen-bond donors (Lipinski definition) is 0. The summed E-state index contributed by atoms with van der Waals surface area (Å²) in [5, 5.41) is 12.0. The highest BCUT2D eigenvalue weighted by Crippen LogP contribution is 2.38. The highest BCUT2D eigenvalue weighted by Gasteiger charge is 2.38. The summed E-state index contributed by atoms with van der Waals surface area (Å²) in [6, 6.07) is 5.11. The number of nitro benzene ring substituents is 1. The Hall–Kier alpha value is -4.26. The van der Waals surface area contributed by atoms with Crippen LogP contribution < -0.4 is 9.80 Å². The summed E-state index contributed by atoms with van der Waals surface area (Å²) in [4.78, 5) is 44.3. The normalized spacial score (nSPS) is 20.5. The number of hydrogen-bond acceptors (Lipinski definition) is 10. The highest BCUT2D eigenvalue weighted by atomic mass is 16.6. The maximum atomic E-state index is 12.7. The number of likely N-dealkylation sites (tertiary alicyclic amines) is 1. The highest BCUT2D eigenvalue weighted by molar-refractivity contribution is 5.90. The van der Waals surface area contributed by atoms with Crippen molar-refractivity contribution in [2.75, 3.05) is 50.1 Å². The average Bonchev–Trinajstić information content (AvgIpc) is 3.65. The minimum Gasteiger partial charge on any atom is -0.444 e. The predicted molar refractivity (Wildman–Crippen MR) is 157 cm³/mol. The summed E-state index contributed by atoms with van der Waals surface area (Å²) in [6.45, 7) is 7.89. The van der Waals surface area contributed by atoms with Gasteiger partial charge in [-0.25, -0.2) is 14.8 Å². The second kappa shape index (κ2) is 10.5. The zero-order valence-corrected chi connectivity index (χ0v) is 24.6.